The van der Waals surface area contributed by atoms with Crippen LogP contribution in [0.1, 0.15) is 80.3 Å². The number of benzene rings is 2. The molecular weight excluding hydrogens is 712 g/mol. The van der Waals surface area contributed by atoms with Crippen LogP contribution in [0.3, 0.4) is 0 Å². The number of halogens is 3. The highest BCUT2D eigenvalue weighted by Gasteiger charge is 2.50. The molecule has 284 valence electrons. The fraction of sp³-hybridized carbons (Fsp3) is 0.667. The summed E-state index contributed by atoms with van der Waals surface area (Å²) in [6.07, 6.45) is 6.74. The first-order chi connectivity index (χ1) is 24.8. The highest BCUT2D eigenvalue weighted by molar-refractivity contribution is 7.90. The molecule has 0 radical (unpaired) electrons. The van der Waals surface area contributed by atoms with Gasteiger partial charge in [-0.2, -0.15) is 0 Å². The van der Waals surface area contributed by atoms with Crippen LogP contribution in [-0.2, 0) is 31.3 Å². The van der Waals surface area contributed by atoms with Crippen LogP contribution in [0, 0.1) is 23.7 Å². The van der Waals surface area contributed by atoms with Gasteiger partial charge < -0.3 is 19.1 Å². The highest BCUT2D eigenvalue weighted by Crippen LogP contribution is 2.49. The Kier molecular flexibility index (Phi) is 9.79. The van der Waals surface area contributed by atoms with Crippen LogP contribution in [0.5, 0.6) is 5.75 Å². The Labute approximate surface area is 310 Å². The summed E-state index contributed by atoms with van der Waals surface area (Å²) in [5, 5.41) is -0.0603. The first-order valence-corrected chi connectivity index (χ1v) is 20.9. The topological polar surface area (TPSA) is 97.4 Å². The molecule has 2 aromatic rings. The Morgan fingerprint density at radius 3 is 2.46 bits per heavy atom. The predicted molar refractivity (Wildman–Crippen MR) is 195 cm³/mol. The van der Waals surface area contributed by atoms with Crippen LogP contribution in [-0.4, -0.2) is 88.7 Å². The largest absolute Gasteiger partial charge is 0.490 e. The van der Waals surface area contributed by atoms with Crippen molar-refractivity contribution in [3.05, 3.63) is 58.1 Å². The first kappa shape index (κ1) is 36.5. The van der Waals surface area contributed by atoms with Gasteiger partial charge in [0.15, 0.2) is 6.29 Å². The fourth-order valence-corrected chi connectivity index (χ4v) is 11.2. The number of nitrogens with zero attached hydrogens (tertiary/aromatic N) is 2. The van der Waals surface area contributed by atoms with Gasteiger partial charge in [0.2, 0.25) is 10.0 Å². The van der Waals surface area contributed by atoms with E-state index in [2.05, 4.69) is 21.8 Å². The summed E-state index contributed by atoms with van der Waals surface area (Å²) in [7, 11) is -3.96. The van der Waals surface area contributed by atoms with Crippen molar-refractivity contribution in [2.75, 3.05) is 50.9 Å². The first-order valence-electron chi connectivity index (χ1n) is 19.0. The lowest BCUT2D eigenvalue weighted by atomic mass is 9.64. The van der Waals surface area contributed by atoms with E-state index in [0.29, 0.717) is 50.4 Å². The van der Waals surface area contributed by atoms with E-state index in [9.17, 15) is 22.0 Å². The number of amides is 1. The zero-order chi connectivity index (χ0) is 36.4. The van der Waals surface area contributed by atoms with Crippen molar-refractivity contribution in [1.82, 2.24) is 9.62 Å². The van der Waals surface area contributed by atoms with E-state index in [1.165, 1.54) is 11.1 Å². The molecule has 8 rings (SSSR count). The van der Waals surface area contributed by atoms with Crippen molar-refractivity contribution in [2.45, 2.75) is 94.1 Å². The van der Waals surface area contributed by atoms with Gasteiger partial charge >= 0.3 is 0 Å². The number of aryl methyl sites for hydroxylation is 1. The van der Waals surface area contributed by atoms with Gasteiger partial charge in [0.25, 0.3) is 11.8 Å². The lowest BCUT2D eigenvalue weighted by Crippen LogP contribution is -2.63. The standard InChI is InChI=1S/C39H50ClF2N3O6S/c1-24-5-3-7-32(37-49-18-30(19-50-37)45-21-39(41,42)22-45)31-11-8-28(31)17-44-20-38(14-4-6-26-15-29(40)10-12-33(26)38)23-51-35-13-9-27(16-34(35)44)36(46)43-52(47,48)25(24)2/h9-10,12-13,15-16,24-25,28,30-32,37H,3-8,11,14,17-23H2,1-2H3,(H,43,46)/t24-,25+,28-,30?,31+,32+,37?,38-/m0/s1. The van der Waals surface area contributed by atoms with Gasteiger partial charge in [-0.25, -0.2) is 21.9 Å². The number of hydrogen-bond acceptors (Lipinski definition) is 8. The second-order valence-corrected chi connectivity index (χ2v) is 19.0. The third-order valence-electron chi connectivity index (χ3n) is 13.1. The molecule has 52 heavy (non-hydrogen) atoms. The maximum Gasteiger partial charge on any atom is 0.272 e. The van der Waals surface area contributed by atoms with Crippen molar-refractivity contribution in [2.24, 2.45) is 23.7 Å². The van der Waals surface area contributed by atoms with Crippen molar-refractivity contribution in [3.63, 3.8) is 0 Å². The van der Waals surface area contributed by atoms with Crippen LogP contribution in [0.4, 0.5) is 14.5 Å². The zero-order valence-corrected chi connectivity index (χ0v) is 31.6. The molecule has 4 aliphatic heterocycles. The Morgan fingerprint density at radius 2 is 1.73 bits per heavy atom. The van der Waals surface area contributed by atoms with Crippen molar-refractivity contribution < 1.29 is 36.2 Å². The molecule has 2 saturated heterocycles. The van der Waals surface area contributed by atoms with Crippen LogP contribution in [0.15, 0.2) is 36.4 Å². The number of likely N-dealkylation sites (tertiary alicyclic amines) is 1. The average molecular weight is 762 g/mol. The Morgan fingerprint density at radius 1 is 0.942 bits per heavy atom. The summed E-state index contributed by atoms with van der Waals surface area (Å²) in [5.74, 6) is -2.11. The minimum Gasteiger partial charge on any atom is -0.490 e. The molecular formula is C39H50ClF2N3O6S. The van der Waals surface area contributed by atoms with Crippen LogP contribution < -0.4 is 14.4 Å². The van der Waals surface area contributed by atoms with Gasteiger partial charge in [0, 0.05) is 35.0 Å². The lowest BCUT2D eigenvalue weighted by Gasteiger charge is -2.50. The number of fused-ring (bicyclic) bond motifs is 4. The second-order valence-electron chi connectivity index (χ2n) is 16.5. The summed E-state index contributed by atoms with van der Waals surface area (Å²) in [6, 6.07) is 11.2. The molecule has 6 aliphatic rings. The molecule has 9 nitrogen and oxygen atoms in total. The van der Waals surface area contributed by atoms with Gasteiger partial charge in [-0.05, 0) is 111 Å². The van der Waals surface area contributed by atoms with Crippen molar-refractivity contribution in [3.8, 4) is 5.75 Å². The minimum absolute atomic E-state index is 0.0739. The SMILES string of the molecule is C[C@@H]1[C@@H](C)CCC[C@@H](C2OCC(N3CC(F)(F)C3)CO2)[C@@H]2CC[C@H]2CN2C[C@@]3(CCCc4cc(Cl)ccc43)COc3ccc(cc32)C(=O)NS1(=O)=O. The summed E-state index contributed by atoms with van der Waals surface area (Å²) in [6.45, 7) is 5.66. The van der Waals surface area contributed by atoms with E-state index in [-0.39, 0.29) is 41.9 Å². The molecule has 1 saturated carbocycles. The van der Waals surface area contributed by atoms with E-state index in [1.807, 2.05) is 13.0 Å². The third-order valence-corrected chi connectivity index (χ3v) is 15.3. The number of hydrogen-bond donors (Lipinski definition) is 1. The number of alkyl halides is 2. The molecule has 2 aliphatic carbocycles. The summed E-state index contributed by atoms with van der Waals surface area (Å²) >= 11 is 6.46. The number of carbonyl (C=O) groups excluding carboxylic acids is 1. The molecule has 1 N–H and O–H groups in total. The highest BCUT2D eigenvalue weighted by atomic mass is 35.5. The van der Waals surface area contributed by atoms with Crippen LogP contribution in [0.2, 0.25) is 5.02 Å². The van der Waals surface area contributed by atoms with Gasteiger partial charge in [-0.3, -0.25) is 9.69 Å². The van der Waals surface area contributed by atoms with Crippen molar-refractivity contribution in [1.29, 1.82) is 0 Å². The molecule has 1 amide bonds. The van der Waals surface area contributed by atoms with E-state index in [1.54, 1.807) is 30.0 Å². The van der Waals surface area contributed by atoms with E-state index in [0.717, 1.165) is 62.2 Å². The monoisotopic (exact) mass is 761 g/mol. The Hall–Kier alpha value is -2.51. The molecule has 1 spiro atoms. The predicted octanol–water partition coefficient (Wildman–Crippen LogP) is 6.42. The molecule has 4 heterocycles. The molecule has 6 atom stereocenters. The molecule has 0 unspecified atom stereocenters. The van der Waals surface area contributed by atoms with E-state index < -0.39 is 33.4 Å². The number of ether oxygens (including phenoxy) is 3. The number of rotatable bonds is 2. The lowest BCUT2D eigenvalue weighted by molar-refractivity contribution is -0.260. The smallest absolute Gasteiger partial charge is 0.272 e. The number of sulfonamides is 1. The number of nitrogens with one attached hydrogen (secondary N) is 1. The quantitative estimate of drug-likeness (QED) is 0.375. The molecule has 0 aromatic heterocycles. The van der Waals surface area contributed by atoms with Crippen LogP contribution in [0.25, 0.3) is 0 Å². The second kappa shape index (κ2) is 14.0. The molecule has 13 heteroatoms. The summed E-state index contributed by atoms with van der Waals surface area (Å²) < 4.78 is 76.1. The summed E-state index contributed by atoms with van der Waals surface area (Å²) in [5.41, 5.74) is 3.25. The number of anilines is 1. The fourth-order valence-electron chi connectivity index (χ4n) is 9.74. The minimum atomic E-state index is -3.96. The average Bonchev–Trinajstić information content (AvgIpc) is 3.24. The maximum absolute atomic E-state index is 13.6. The van der Waals surface area contributed by atoms with E-state index in [4.69, 9.17) is 25.8 Å². The normalized spacial score (nSPS) is 36.2. The Bertz CT molecular complexity index is 1780. The zero-order valence-electron chi connectivity index (χ0n) is 30.0. The van der Waals surface area contributed by atoms with Gasteiger partial charge in [-0.15, -0.1) is 0 Å². The van der Waals surface area contributed by atoms with Gasteiger partial charge in [0.05, 0.1) is 49.9 Å². The van der Waals surface area contributed by atoms with Gasteiger partial charge in [0.1, 0.15) is 5.75 Å². The Balaban J connectivity index is 1.13. The molecule has 2 bridgehead atoms. The van der Waals surface area contributed by atoms with E-state index >= 15 is 0 Å². The molecule has 2 aromatic carbocycles. The number of carbonyl (C=O) groups is 1. The third kappa shape index (κ3) is 6.95. The van der Waals surface area contributed by atoms with Crippen molar-refractivity contribution >= 4 is 33.2 Å². The van der Waals surface area contributed by atoms with Gasteiger partial charge in [-0.1, -0.05) is 31.0 Å². The molecule has 3 fully saturated rings. The van der Waals surface area contributed by atoms with Crippen LogP contribution >= 0.6 is 11.6 Å². The summed E-state index contributed by atoms with van der Waals surface area (Å²) in [4.78, 5) is 17.7. The maximum atomic E-state index is 13.6.